The average Bonchev–Trinajstić information content (AvgIpc) is 3.75. The number of rotatable bonds is 7. The van der Waals surface area contributed by atoms with Crippen LogP contribution in [-0.4, -0.2) is 11.7 Å². The molecule has 0 radical (unpaired) electrons. The summed E-state index contributed by atoms with van der Waals surface area (Å²) in [4.78, 5) is 14.9. The van der Waals surface area contributed by atoms with E-state index in [2.05, 4.69) is 272 Å². The molecule has 75 heavy (non-hydrogen) atoms. The van der Waals surface area contributed by atoms with E-state index in [1.54, 1.807) is 0 Å². The fraction of sp³-hybridized carbons (Fsp3) is 0.217. The first-order valence-corrected chi connectivity index (χ1v) is 26.3. The van der Waals surface area contributed by atoms with Gasteiger partial charge >= 0.3 is 0 Å². The first-order valence-electron chi connectivity index (χ1n) is 26.3. The second-order valence-corrected chi connectivity index (χ2v) is 23.5. The fourth-order valence-corrected chi connectivity index (χ4v) is 11.0. The lowest BCUT2D eigenvalue weighted by Gasteiger charge is -2.32. The van der Waals surface area contributed by atoms with Gasteiger partial charge in [0.15, 0.2) is 0 Å². The highest BCUT2D eigenvalue weighted by molar-refractivity contribution is 6.04. The molecule has 0 aliphatic carbocycles. The Morgan fingerprint density at radius 2 is 1.03 bits per heavy atom. The predicted octanol–water partition coefficient (Wildman–Crippen LogP) is 19.0. The molecule has 372 valence electrons. The number of aryl methyl sites for hydroxylation is 2. The highest BCUT2D eigenvalue weighted by atomic mass is 15.4. The van der Waals surface area contributed by atoms with Gasteiger partial charge in [0.2, 0.25) is 0 Å². The van der Waals surface area contributed by atoms with Gasteiger partial charge in [-0.15, -0.1) is 0 Å². The van der Waals surface area contributed by atoms with E-state index in [4.69, 9.17) is 4.98 Å². The molecule has 8 aromatic carbocycles. The molecule has 1 aromatic heterocycles. The minimum absolute atomic E-state index is 0.0206. The first-order chi connectivity index (χ1) is 35.8. The Bertz CT molecular complexity index is 3660. The minimum atomic E-state index is -0.179. The molecule has 0 saturated heterocycles. The van der Waals surface area contributed by atoms with E-state index in [1.165, 1.54) is 50.4 Å². The van der Waals surface area contributed by atoms with Crippen LogP contribution in [0.2, 0.25) is 0 Å². The Morgan fingerprint density at radius 3 is 1.64 bits per heavy atom. The van der Waals surface area contributed by atoms with Crippen molar-refractivity contribution >= 4 is 57.0 Å². The lowest BCUT2D eigenvalue weighted by atomic mass is 9.80. The van der Waals surface area contributed by atoms with Crippen molar-refractivity contribution in [1.29, 1.82) is 5.26 Å². The molecule has 0 fully saturated rings. The van der Waals surface area contributed by atoms with Crippen LogP contribution < -0.4 is 19.6 Å². The van der Waals surface area contributed by atoms with E-state index >= 15 is 0 Å². The molecule has 2 aliphatic heterocycles. The Balaban J connectivity index is 1.12. The number of fused-ring (bicyclic) bond motifs is 6. The third-order valence-electron chi connectivity index (χ3n) is 15.2. The Hall–Kier alpha value is -8.40. The number of hydrogen-bond acceptors (Lipinski definition) is 6. The molecule has 0 bridgehead atoms. The number of benzene rings is 8. The van der Waals surface area contributed by atoms with Gasteiger partial charge in [0.05, 0.1) is 34.4 Å². The summed E-state index contributed by atoms with van der Waals surface area (Å²) in [6, 6.07) is 68.7. The number of aromatic nitrogens is 1. The van der Waals surface area contributed by atoms with Gasteiger partial charge in [0.25, 0.3) is 0 Å². The summed E-state index contributed by atoms with van der Waals surface area (Å²) >= 11 is 0. The summed E-state index contributed by atoms with van der Waals surface area (Å²) in [6.07, 6.45) is 1.93. The Labute approximate surface area is 444 Å². The van der Waals surface area contributed by atoms with Crippen LogP contribution >= 0.6 is 0 Å². The molecule has 0 amide bonds. The third-order valence-corrected chi connectivity index (χ3v) is 15.2. The standard InChI is InChI=1S/C69H66N6/c1-45-20-19-21-46(2)66(45)48-32-33-71-65(35-48)75-61-31-28-47(43-70)34-60(61)58-25-16-15-24-57(58)59-30-29-53(42-64(59)75)74(52-22-13-12-14-23-52)56-40-51(69(9,10)11)39-55(41-56)73-44-72(62-26-17-18-27-63(62)73)54-37-49(67(3,4)5)36-50(38-54)68(6,7)8/h12-42H,44H2,1-11H3. The van der Waals surface area contributed by atoms with Gasteiger partial charge < -0.3 is 14.7 Å². The largest absolute Gasteiger partial charge is 0.321 e. The maximum absolute atomic E-state index is 10.3. The first kappa shape index (κ1) is 48.8. The van der Waals surface area contributed by atoms with Crippen LogP contribution in [0.25, 0.3) is 33.4 Å². The van der Waals surface area contributed by atoms with E-state index in [0.29, 0.717) is 12.2 Å². The quantitative estimate of drug-likeness (QED) is 0.159. The highest BCUT2D eigenvalue weighted by Crippen LogP contribution is 2.54. The summed E-state index contributed by atoms with van der Waals surface area (Å²) in [7, 11) is 0. The van der Waals surface area contributed by atoms with Gasteiger partial charge in [-0.05, 0) is 177 Å². The molecule has 11 rings (SSSR count). The zero-order chi connectivity index (χ0) is 52.6. The topological polar surface area (TPSA) is 49.6 Å². The lowest BCUT2D eigenvalue weighted by Crippen LogP contribution is -2.26. The second-order valence-electron chi connectivity index (χ2n) is 23.5. The maximum Gasteiger partial charge on any atom is 0.138 e. The van der Waals surface area contributed by atoms with Gasteiger partial charge in [-0.1, -0.05) is 147 Å². The summed E-state index contributed by atoms with van der Waals surface area (Å²) in [5.74, 6) is 0.788. The molecule has 0 atom stereocenters. The highest BCUT2D eigenvalue weighted by Gasteiger charge is 2.33. The van der Waals surface area contributed by atoms with E-state index < -0.39 is 0 Å². The van der Waals surface area contributed by atoms with Crippen molar-refractivity contribution in [1.82, 2.24) is 4.98 Å². The maximum atomic E-state index is 10.3. The van der Waals surface area contributed by atoms with Gasteiger partial charge in [0, 0.05) is 45.8 Å². The molecule has 9 aromatic rings. The molecule has 0 unspecified atom stereocenters. The van der Waals surface area contributed by atoms with Crippen molar-refractivity contribution in [3.63, 3.8) is 0 Å². The molecule has 0 N–H and O–H groups in total. The molecule has 6 heteroatoms. The average molecular weight is 979 g/mol. The molecular formula is C69H66N6. The van der Waals surface area contributed by atoms with Crippen molar-refractivity contribution < 1.29 is 0 Å². The summed E-state index contributed by atoms with van der Waals surface area (Å²) in [5, 5.41) is 10.3. The predicted molar refractivity (Wildman–Crippen MR) is 316 cm³/mol. The van der Waals surface area contributed by atoms with Crippen LogP contribution in [0.15, 0.2) is 188 Å². The van der Waals surface area contributed by atoms with Gasteiger partial charge in [-0.25, -0.2) is 4.98 Å². The molecule has 2 aliphatic rings. The number of anilines is 10. The third kappa shape index (κ3) is 9.01. The van der Waals surface area contributed by atoms with Gasteiger partial charge in [-0.3, -0.25) is 4.90 Å². The van der Waals surface area contributed by atoms with Crippen molar-refractivity contribution in [2.75, 3.05) is 26.3 Å². The Morgan fingerprint density at radius 1 is 0.453 bits per heavy atom. The van der Waals surface area contributed by atoms with Gasteiger partial charge in [0.1, 0.15) is 12.5 Å². The van der Waals surface area contributed by atoms with Crippen LogP contribution in [0, 0.1) is 25.2 Å². The zero-order valence-electron chi connectivity index (χ0n) is 45.3. The monoisotopic (exact) mass is 979 g/mol. The fourth-order valence-electron chi connectivity index (χ4n) is 11.0. The van der Waals surface area contributed by atoms with Crippen LogP contribution in [-0.2, 0) is 16.2 Å². The summed E-state index contributed by atoms with van der Waals surface area (Å²) in [5.41, 5.74) is 22.9. The molecule has 0 spiro atoms. The second kappa shape index (κ2) is 18.5. The van der Waals surface area contributed by atoms with E-state index in [1.807, 2.05) is 18.3 Å². The van der Waals surface area contributed by atoms with Crippen molar-refractivity contribution in [3.05, 3.63) is 222 Å². The normalized spacial score (nSPS) is 13.1. The number of pyridine rings is 1. The van der Waals surface area contributed by atoms with Crippen molar-refractivity contribution in [2.45, 2.75) is 92.4 Å². The molecule has 0 saturated carbocycles. The van der Waals surface area contributed by atoms with Gasteiger partial charge in [-0.2, -0.15) is 5.26 Å². The summed E-state index contributed by atoms with van der Waals surface area (Å²) in [6.45, 7) is 25.8. The molecule has 3 heterocycles. The summed E-state index contributed by atoms with van der Waals surface area (Å²) < 4.78 is 0. The number of nitrogens with zero attached hydrogens (tertiary/aromatic N) is 6. The Kier molecular flexibility index (Phi) is 12.1. The van der Waals surface area contributed by atoms with Crippen molar-refractivity contribution in [3.8, 4) is 39.4 Å². The molecule has 6 nitrogen and oxygen atoms in total. The van der Waals surface area contributed by atoms with Crippen LogP contribution in [0.3, 0.4) is 0 Å². The lowest BCUT2D eigenvalue weighted by molar-refractivity contribution is 0.568. The minimum Gasteiger partial charge on any atom is -0.321 e. The number of para-hydroxylation sites is 3. The van der Waals surface area contributed by atoms with Crippen LogP contribution in [0.4, 0.5) is 57.0 Å². The van der Waals surface area contributed by atoms with Crippen molar-refractivity contribution in [2.24, 2.45) is 0 Å². The molecular weight excluding hydrogens is 913 g/mol. The van der Waals surface area contributed by atoms with E-state index in [0.717, 1.165) is 67.8 Å². The van der Waals surface area contributed by atoms with E-state index in [9.17, 15) is 5.26 Å². The number of nitriles is 1. The van der Waals surface area contributed by atoms with Crippen LogP contribution in [0.5, 0.6) is 0 Å². The SMILES string of the molecule is Cc1cccc(C)c1-c1ccnc(N2c3ccc(C#N)cc3-c3ccccc3-c3ccc(N(c4ccccc4)c4cc(N5CN(c6cc(C(C)(C)C)cc(C(C)(C)C)c6)c6ccccc65)cc(C(C)(C)C)c4)cc32)c1. The van der Waals surface area contributed by atoms with Crippen LogP contribution in [0.1, 0.15) is 95.7 Å². The zero-order valence-corrected chi connectivity index (χ0v) is 45.3. The smallest absolute Gasteiger partial charge is 0.138 e. The number of hydrogen-bond donors (Lipinski definition) is 0. The van der Waals surface area contributed by atoms with E-state index in [-0.39, 0.29) is 16.2 Å².